The average molecular weight is 455 g/mol. The van der Waals surface area contributed by atoms with Crippen LogP contribution in [0.1, 0.15) is 16.1 Å². The standard InChI is InChI=1S/C22H15ClN2O5S/c1-29-14-5-3-13(4-6-14)24-22-25-20(26)19(31-22)11-15-7-9-18(30-15)12-2-8-17(23)16(10-12)21(27)28/h2-11H,1H3,(H,27,28)(H,24,25,26)/b19-11-. The van der Waals surface area contributed by atoms with Crippen LogP contribution in [0.25, 0.3) is 17.4 Å². The van der Waals surface area contributed by atoms with Crippen LogP contribution >= 0.6 is 23.4 Å². The van der Waals surface area contributed by atoms with Crippen LogP contribution in [0.5, 0.6) is 5.75 Å². The van der Waals surface area contributed by atoms with E-state index in [1.807, 2.05) is 0 Å². The number of ether oxygens (including phenoxy) is 1. The Morgan fingerprint density at radius 1 is 1.19 bits per heavy atom. The molecule has 0 bridgehead atoms. The minimum absolute atomic E-state index is 0.0133. The van der Waals surface area contributed by atoms with E-state index in [0.717, 1.165) is 5.75 Å². The largest absolute Gasteiger partial charge is 0.497 e. The number of carboxylic acid groups (broad SMARTS) is 1. The van der Waals surface area contributed by atoms with Gasteiger partial charge in [-0.3, -0.25) is 4.79 Å². The molecule has 1 aliphatic rings. The van der Waals surface area contributed by atoms with Crippen LogP contribution < -0.4 is 10.1 Å². The van der Waals surface area contributed by atoms with Gasteiger partial charge in [0, 0.05) is 11.6 Å². The molecule has 0 aliphatic carbocycles. The normalized spacial score (nSPS) is 16.0. The highest BCUT2D eigenvalue weighted by Crippen LogP contribution is 2.31. The van der Waals surface area contributed by atoms with E-state index in [1.165, 1.54) is 23.9 Å². The summed E-state index contributed by atoms with van der Waals surface area (Å²) < 4.78 is 10.9. The SMILES string of the molecule is COc1ccc(N=C2NC(=O)/C(=C/c3ccc(-c4ccc(Cl)c(C(=O)O)c4)o3)S2)cc1. The second-order valence-electron chi connectivity index (χ2n) is 6.38. The van der Waals surface area contributed by atoms with Crippen molar-refractivity contribution in [3.05, 3.63) is 75.8 Å². The smallest absolute Gasteiger partial charge is 0.337 e. The number of nitrogens with one attached hydrogen (secondary N) is 1. The van der Waals surface area contributed by atoms with Crippen molar-refractivity contribution in [2.45, 2.75) is 0 Å². The van der Waals surface area contributed by atoms with E-state index in [1.54, 1.807) is 55.7 Å². The molecule has 2 N–H and O–H groups in total. The number of methoxy groups -OCH3 is 1. The van der Waals surface area contributed by atoms with Crippen molar-refractivity contribution >= 4 is 52.2 Å². The number of rotatable bonds is 5. The number of nitrogens with zero attached hydrogens (tertiary/aromatic N) is 1. The molecule has 0 atom stereocenters. The molecule has 0 radical (unpaired) electrons. The maximum Gasteiger partial charge on any atom is 0.337 e. The number of benzene rings is 2. The van der Waals surface area contributed by atoms with Crippen molar-refractivity contribution in [3.8, 4) is 17.1 Å². The Balaban J connectivity index is 1.54. The van der Waals surface area contributed by atoms with Crippen LogP contribution in [0.3, 0.4) is 0 Å². The van der Waals surface area contributed by atoms with Crippen molar-refractivity contribution in [1.29, 1.82) is 0 Å². The summed E-state index contributed by atoms with van der Waals surface area (Å²) in [5.41, 5.74) is 1.24. The van der Waals surface area contributed by atoms with E-state index in [-0.39, 0.29) is 16.5 Å². The predicted molar refractivity (Wildman–Crippen MR) is 120 cm³/mol. The molecule has 4 rings (SSSR count). The monoisotopic (exact) mass is 454 g/mol. The summed E-state index contributed by atoms with van der Waals surface area (Å²) >= 11 is 7.11. The van der Waals surface area contributed by atoms with Gasteiger partial charge in [-0.1, -0.05) is 11.6 Å². The number of aliphatic imine (C=N–C) groups is 1. The van der Waals surface area contributed by atoms with Gasteiger partial charge in [-0.15, -0.1) is 0 Å². The zero-order valence-corrected chi connectivity index (χ0v) is 17.7. The lowest BCUT2D eigenvalue weighted by Crippen LogP contribution is -2.19. The first-order valence-corrected chi connectivity index (χ1v) is 10.2. The van der Waals surface area contributed by atoms with Crippen LogP contribution in [-0.4, -0.2) is 29.3 Å². The molecule has 0 saturated carbocycles. The highest BCUT2D eigenvalue weighted by atomic mass is 35.5. The van der Waals surface area contributed by atoms with E-state index in [0.29, 0.717) is 32.8 Å². The van der Waals surface area contributed by atoms with Gasteiger partial charge in [-0.25, -0.2) is 9.79 Å². The Labute approximate surface area is 186 Å². The van der Waals surface area contributed by atoms with Crippen molar-refractivity contribution in [3.63, 3.8) is 0 Å². The second kappa shape index (κ2) is 8.71. The number of amides is 1. The molecule has 31 heavy (non-hydrogen) atoms. The third-order valence-electron chi connectivity index (χ3n) is 4.34. The summed E-state index contributed by atoms with van der Waals surface area (Å²) in [6, 6.07) is 15.2. The third-order valence-corrected chi connectivity index (χ3v) is 5.57. The minimum Gasteiger partial charge on any atom is -0.497 e. The molecule has 3 aromatic rings. The third kappa shape index (κ3) is 4.65. The lowest BCUT2D eigenvalue weighted by Gasteiger charge is -2.02. The van der Waals surface area contributed by atoms with Gasteiger partial charge in [-0.05, 0) is 66.4 Å². The van der Waals surface area contributed by atoms with Gasteiger partial charge < -0.3 is 19.6 Å². The zero-order valence-electron chi connectivity index (χ0n) is 16.1. The molecule has 9 heteroatoms. The maximum absolute atomic E-state index is 12.3. The Bertz CT molecular complexity index is 1230. The van der Waals surface area contributed by atoms with Gasteiger partial charge in [0.25, 0.3) is 5.91 Å². The van der Waals surface area contributed by atoms with Crippen LogP contribution in [-0.2, 0) is 4.79 Å². The summed E-state index contributed by atoms with van der Waals surface area (Å²) in [6.45, 7) is 0. The molecule has 2 heterocycles. The Kier molecular flexibility index (Phi) is 5.83. The Hall–Kier alpha value is -3.49. The number of amidine groups is 1. The lowest BCUT2D eigenvalue weighted by atomic mass is 10.1. The van der Waals surface area contributed by atoms with E-state index < -0.39 is 5.97 Å². The first-order valence-electron chi connectivity index (χ1n) is 8.99. The number of carbonyl (C=O) groups is 2. The summed E-state index contributed by atoms with van der Waals surface area (Å²) in [7, 11) is 1.59. The van der Waals surface area contributed by atoms with Crippen molar-refractivity contribution in [2.24, 2.45) is 4.99 Å². The summed E-state index contributed by atoms with van der Waals surface area (Å²) in [6.07, 6.45) is 1.61. The number of aromatic carboxylic acids is 1. The van der Waals surface area contributed by atoms with E-state index in [4.69, 9.17) is 20.8 Å². The lowest BCUT2D eigenvalue weighted by molar-refractivity contribution is -0.115. The van der Waals surface area contributed by atoms with E-state index >= 15 is 0 Å². The van der Waals surface area contributed by atoms with Gasteiger partial charge in [0.15, 0.2) is 5.17 Å². The van der Waals surface area contributed by atoms with Gasteiger partial charge in [0.05, 0.1) is 28.3 Å². The van der Waals surface area contributed by atoms with Gasteiger partial charge in [0.2, 0.25) is 0 Å². The molecule has 1 fully saturated rings. The average Bonchev–Trinajstić information content (AvgIpc) is 3.35. The minimum atomic E-state index is -1.12. The van der Waals surface area contributed by atoms with E-state index in [2.05, 4.69) is 10.3 Å². The molecule has 1 aromatic heterocycles. The van der Waals surface area contributed by atoms with Gasteiger partial charge >= 0.3 is 5.97 Å². The predicted octanol–water partition coefficient (Wildman–Crippen LogP) is 5.20. The molecule has 1 aliphatic heterocycles. The van der Waals surface area contributed by atoms with Crippen LogP contribution in [0.15, 0.2) is 68.9 Å². The number of hydrogen-bond acceptors (Lipinski definition) is 6. The molecule has 0 unspecified atom stereocenters. The molecule has 2 aromatic carbocycles. The fraction of sp³-hybridized carbons (Fsp3) is 0.0455. The van der Waals surface area contributed by atoms with Crippen molar-refractivity contribution in [1.82, 2.24) is 5.32 Å². The maximum atomic E-state index is 12.3. The fourth-order valence-corrected chi connectivity index (χ4v) is 3.83. The van der Waals surface area contributed by atoms with Crippen molar-refractivity contribution in [2.75, 3.05) is 7.11 Å². The number of carboxylic acids is 1. The molecule has 156 valence electrons. The highest BCUT2D eigenvalue weighted by molar-refractivity contribution is 8.18. The highest BCUT2D eigenvalue weighted by Gasteiger charge is 2.24. The van der Waals surface area contributed by atoms with Crippen LogP contribution in [0.4, 0.5) is 5.69 Å². The molecule has 7 nitrogen and oxygen atoms in total. The molecule has 1 saturated heterocycles. The second-order valence-corrected chi connectivity index (χ2v) is 7.82. The number of thioether (sulfide) groups is 1. The number of furan rings is 1. The topological polar surface area (TPSA) is 101 Å². The van der Waals surface area contributed by atoms with Crippen molar-refractivity contribution < 1.29 is 23.8 Å². The quantitative estimate of drug-likeness (QED) is 0.514. The van der Waals surface area contributed by atoms with Crippen LogP contribution in [0.2, 0.25) is 5.02 Å². The fourth-order valence-electron chi connectivity index (χ4n) is 2.81. The molecule has 1 amide bonds. The number of carbonyl (C=O) groups excluding carboxylic acids is 1. The summed E-state index contributed by atoms with van der Waals surface area (Å²) in [4.78, 5) is 28.4. The molecular weight excluding hydrogens is 440 g/mol. The van der Waals surface area contributed by atoms with E-state index in [9.17, 15) is 14.7 Å². The molecule has 0 spiro atoms. The van der Waals surface area contributed by atoms with Gasteiger partial charge in [-0.2, -0.15) is 0 Å². The Morgan fingerprint density at radius 3 is 2.68 bits per heavy atom. The summed E-state index contributed by atoms with van der Waals surface area (Å²) in [5, 5.41) is 12.5. The zero-order chi connectivity index (χ0) is 22.0. The number of halogens is 1. The number of hydrogen-bond donors (Lipinski definition) is 2. The van der Waals surface area contributed by atoms with Gasteiger partial charge in [0.1, 0.15) is 17.3 Å². The first kappa shape index (κ1) is 20.8. The molecular formula is C22H15ClN2O5S. The summed E-state index contributed by atoms with van der Waals surface area (Å²) in [5.74, 6) is 0.225. The Morgan fingerprint density at radius 2 is 1.97 bits per heavy atom. The van der Waals surface area contributed by atoms with Crippen LogP contribution in [0, 0.1) is 0 Å². The first-order chi connectivity index (χ1) is 14.9.